The first kappa shape index (κ1) is 20.9. The molecule has 0 spiro atoms. The Morgan fingerprint density at radius 2 is 1.75 bits per heavy atom. The fourth-order valence-corrected chi connectivity index (χ4v) is 3.04. The van der Waals surface area contributed by atoms with Gasteiger partial charge in [-0.05, 0) is 35.8 Å². The van der Waals surface area contributed by atoms with Crippen molar-refractivity contribution in [2.45, 2.75) is 64.7 Å². The monoisotopic (exact) mass is 354 g/mol. The smallest absolute Gasteiger partial charge is 0.249 e. The van der Waals surface area contributed by atoms with E-state index in [9.17, 15) is 4.79 Å². The van der Waals surface area contributed by atoms with Gasteiger partial charge in [0.15, 0.2) is 0 Å². The van der Waals surface area contributed by atoms with E-state index in [-0.39, 0.29) is 36.6 Å². The molecule has 1 aliphatic rings. The van der Waals surface area contributed by atoms with Crippen LogP contribution >= 0.6 is 12.4 Å². The minimum atomic E-state index is -0.361. The fraction of sp³-hybridized carbons (Fsp3) is 0.632. The molecule has 136 valence electrons. The number of ether oxygens (including phenoxy) is 1. The van der Waals surface area contributed by atoms with Gasteiger partial charge in [0, 0.05) is 6.54 Å². The van der Waals surface area contributed by atoms with Crippen LogP contribution < -0.4 is 11.1 Å². The van der Waals surface area contributed by atoms with E-state index in [0.29, 0.717) is 18.4 Å². The number of hydrogen-bond acceptors (Lipinski definition) is 3. The maximum atomic E-state index is 12.5. The van der Waals surface area contributed by atoms with Crippen molar-refractivity contribution in [3.63, 3.8) is 0 Å². The SMILES string of the molecule is CC(C)c1ccc(C(NC(=O)[C@@H]2CC[C@H](CN)O2)C(C)C)cc1.Cl. The van der Waals surface area contributed by atoms with E-state index >= 15 is 0 Å². The van der Waals surface area contributed by atoms with Crippen LogP contribution in [0.2, 0.25) is 0 Å². The molecule has 3 N–H and O–H groups in total. The molecule has 0 aromatic heterocycles. The van der Waals surface area contributed by atoms with Crippen molar-refractivity contribution in [2.24, 2.45) is 11.7 Å². The van der Waals surface area contributed by atoms with Gasteiger partial charge in [-0.2, -0.15) is 0 Å². The van der Waals surface area contributed by atoms with Crippen LogP contribution in [0.25, 0.3) is 0 Å². The van der Waals surface area contributed by atoms with Crippen molar-refractivity contribution in [1.29, 1.82) is 0 Å². The molecule has 1 aromatic carbocycles. The van der Waals surface area contributed by atoms with E-state index in [1.54, 1.807) is 0 Å². The zero-order valence-corrected chi connectivity index (χ0v) is 15.9. The first-order chi connectivity index (χ1) is 10.9. The lowest BCUT2D eigenvalue weighted by Gasteiger charge is -2.25. The molecule has 1 aliphatic heterocycles. The summed E-state index contributed by atoms with van der Waals surface area (Å²) in [7, 11) is 0. The zero-order valence-electron chi connectivity index (χ0n) is 15.1. The number of amides is 1. The second-order valence-electron chi connectivity index (χ2n) is 7.11. The minimum absolute atomic E-state index is 0. The van der Waals surface area contributed by atoms with Crippen molar-refractivity contribution in [2.75, 3.05) is 6.54 Å². The number of nitrogens with one attached hydrogen (secondary N) is 1. The van der Waals surface area contributed by atoms with Gasteiger partial charge in [0.1, 0.15) is 6.10 Å². The Hall–Kier alpha value is -1.10. The van der Waals surface area contributed by atoms with Gasteiger partial charge in [-0.25, -0.2) is 0 Å². The fourth-order valence-electron chi connectivity index (χ4n) is 3.04. The van der Waals surface area contributed by atoms with Crippen molar-refractivity contribution in [3.8, 4) is 0 Å². The third kappa shape index (κ3) is 5.20. The highest BCUT2D eigenvalue weighted by molar-refractivity contribution is 5.85. The third-order valence-electron chi connectivity index (χ3n) is 4.59. The Morgan fingerprint density at radius 1 is 1.17 bits per heavy atom. The third-order valence-corrected chi connectivity index (χ3v) is 4.59. The molecule has 1 unspecified atom stereocenters. The van der Waals surface area contributed by atoms with Gasteiger partial charge in [-0.3, -0.25) is 4.79 Å². The lowest BCUT2D eigenvalue weighted by molar-refractivity contribution is -0.133. The van der Waals surface area contributed by atoms with Crippen LogP contribution in [0.5, 0.6) is 0 Å². The summed E-state index contributed by atoms with van der Waals surface area (Å²) in [6.07, 6.45) is 1.28. The lowest BCUT2D eigenvalue weighted by atomic mass is 9.93. The maximum absolute atomic E-state index is 12.5. The van der Waals surface area contributed by atoms with Gasteiger partial charge < -0.3 is 15.8 Å². The highest BCUT2D eigenvalue weighted by Gasteiger charge is 2.31. The molecule has 1 fully saturated rings. The zero-order chi connectivity index (χ0) is 17.0. The summed E-state index contributed by atoms with van der Waals surface area (Å²) < 4.78 is 5.70. The Kier molecular flexibility index (Phi) is 8.20. The molecule has 1 heterocycles. The van der Waals surface area contributed by atoms with E-state index < -0.39 is 0 Å². The number of carbonyl (C=O) groups excluding carboxylic acids is 1. The molecule has 1 aromatic rings. The molecule has 0 aliphatic carbocycles. The van der Waals surface area contributed by atoms with Gasteiger partial charge in [0.05, 0.1) is 12.1 Å². The molecular weight excluding hydrogens is 324 g/mol. The highest BCUT2D eigenvalue weighted by Crippen LogP contribution is 2.26. The molecule has 5 heteroatoms. The summed E-state index contributed by atoms with van der Waals surface area (Å²) in [6.45, 7) is 9.09. The number of carbonyl (C=O) groups is 1. The van der Waals surface area contributed by atoms with E-state index in [1.165, 1.54) is 5.56 Å². The van der Waals surface area contributed by atoms with Crippen LogP contribution in [0.3, 0.4) is 0 Å². The Bertz CT molecular complexity index is 517. The highest BCUT2D eigenvalue weighted by atomic mass is 35.5. The molecule has 3 atom stereocenters. The van der Waals surface area contributed by atoms with Gasteiger partial charge >= 0.3 is 0 Å². The molecule has 1 amide bonds. The van der Waals surface area contributed by atoms with Crippen molar-refractivity contribution < 1.29 is 9.53 Å². The first-order valence-corrected chi connectivity index (χ1v) is 8.68. The van der Waals surface area contributed by atoms with Crippen LogP contribution in [0.4, 0.5) is 0 Å². The van der Waals surface area contributed by atoms with Crippen molar-refractivity contribution in [1.82, 2.24) is 5.32 Å². The summed E-state index contributed by atoms with van der Waals surface area (Å²) in [4.78, 5) is 12.5. The van der Waals surface area contributed by atoms with Crippen LogP contribution in [0.15, 0.2) is 24.3 Å². The Labute approximate surface area is 151 Å². The molecule has 0 saturated carbocycles. The predicted octanol–water partition coefficient (Wildman–Crippen LogP) is 3.55. The van der Waals surface area contributed by atoms with E-state index in [0.717, 1.165) is 18.4 Å². The molecule has 0 radical (unpaired) electrons. The van der Waals surface area contributed by atoms with E-state index in [1.807, 2.05) is 0 Å². The van der Waals surface area contributed by atoms with E-state index in [4.69, 9.17) is 10.5 Å². The molecule has 1 saturated heterocycles. The summed E-state index contributed by atoms with van der Waals surface area (Å²) in [5.74, 6) is 0.805. The van der Waals surface area contributed by atoms with Crippen LogP contribution in [-0.4, -0.2) is 24.7 Å². The van der Waals surface area contributed by atoms with Crippen molar-refractivity contribution >= 4 is 18.3 Å². The summed E-state index contributed by atoms with van der Waals surface area (Å²) in [6, 6.07) is 8.55. The Morgan fingerprint density at radius 3 is 2.21 bits per heavy atom. The number of benzene rings is 1. The minimum Gasteiger partial charge on any atom is -0.364 e. The average Bonchev–Trinajstić information content (AvgIpc) is 3.01. The molecule has 4 nitrogen and oxygen atoms in total. The summed E-state index contributed by atoms with van der Waals surface area (Å²) >= 11 is 0. The number of hydrogen-bond donors (Lipinski definition) is 2. The predicted molar refractivity (Wildman–Crippen MR) is 100 cm³/mol. The van der Waals surface area contributed by atoms with E-state index in [2.05, 4.69) is 57.3 Å². The first-order valence-electron chi connectivity index (χ1n) is 8.68. The van der Waals surface area contributed by atoms with Crippen LogP contribution in [0, 0.1) is 5.92 Å². The largest absolute Gasteiger partial charge is 0.364 e. The summed E-state index contributed by atoms with van der Waals surface area (Å²) in [5.41, 5.74) is 8.08. The lowest BCUT2D eigenvalue weighted by Crippen LogP contribution is -2.39. The topological polar surface area (TPSA) is 64.4 Å². The molecule has 24 heavy (non-hydrogen) atoms. The van der Waals surface area contributed by atoms with Gasteiger partial charge in [0.25, 0.3) is 0 Å². The van der Waals surface area contributed by atoms with Gasteiger partial charge in [-0.15, -0.1) is 12.4 Å². The number of rotatable bonds is 6. The quantitative estimate of drug-likeness (QED) is 0.821. The summed E-state index contributed by atoms with van der Waals surface area (Å²) in [5, 5.41) is 3.16. The maximum Gasteiger partial charge on any atom is 0.249 e. The number of nitrogens with two attached hydrogens (primary N) is 1. The van der Waals surface area contributed by atoms with Crippen molar-refractivity contribution in [3.05, 3.63) is 35.4 Å². The molecular formula is C19H31ClN2O2. The second kappa shape index (κ2) is 9.40. The van der Waals surface area contributed by atoms with Gasteiger partial charge in [0.2, 0.25) is 5.91 Å². The number of halogens is 1. The van der Waals surface area contributed by atoms with Crippen LogP contribution in [-0.2, 0) is 9.53 Å². The van der Waals surface area contributed by atoms with Gasteiger partial charge in [-0.1, -0.05) is 52.0 Å². The second-order valence-corrected chi connectivity index (χ2v) is 7.11. The molecule has 0 bridgehead atoms. The standard InChI is InChI=1S/C19H30N2O2.ClH/c1-12(2)14-5-7-15(8-6-14)18(13(3)4)21-19(22)17-10-9-16(11-20)23-17;/h5-8,12-13,16-18H,9-11,20H2,1-4H3,(H,21,22);1H/t16-,17+,18?;/m1./s1. The van der Waals surface area contributed by atoms with Crippen LogP contribution in [0.1, 0.15) is 63.6 Å². The average molecular weight is 355 g/mol. The normalized spacial score (nSPS) is 21.6. The molecule has 2 rings (SSSR count). The Balaban J connectivity index is 0.00000288.